The predicted molar refractivity (Wildman–Crippen MR) is 54.3 cm³/mol. The Hall–Kier alpha value is -0.120. The molecule has 0 fully saturated rings. The Labute approximate surface area is 76.9 Å². The highest BCUT2D eigenvalue weighted by Gasteiger charge is 2.04. The van der Waals surface area contributed by atoms with Crippen LogP contribution in [-0.4, -0.2) is 70.8 Å². The van der Waals surface area contributed by atoms with Crippen LogP contribution in [-0.2, 0) is 0 Å². The number of rotatable bonds is 6. The second-order valence-electron chi connectivity index (χ2n) is 4.57. The van der Waals surface area contributed by atoms with E-state index in [0.29, 0.717) is 0 Å². The molecule has 0 amide bonds. The molecule has 0 aromatic heterocycles. The molecule has 0 unspecified atom stereocenters. The van der Waals surface area contributed by atoms with Crippen molar-refractivity contribution in [3.05, 3.63) is 0 Å². The van der Waals surface area contributed by atoms with Crippen LogP contribution in [0.3, 0.4) is 0 Å². The average molecular weight is 174 g/mol. The molecular weight excluding hydrogens is 150 g/mol. The molecule has 12 heavy (non-hydrogen) atoms. The second kappa shape index (κ2) is 5.51. The summed E-state index contributed by atoms with van der Waals surface area (Å²) in [6.07, 6.45) is 0. The van der Waals surface area contributed by atoms with Crippen molar-refractivity contribution in [2.75, 3.05) is 61.4 Å². The van der Waals surface area contributed by atoms with Gasteiger partial charge >= 0.3 is 0 Å². The van der Waals surface area contributed by atoms with E-state index in [1.54, 1.807) is 0 Å². The van der Waals surface area contributed by atoms with Gasteiger partial charge in [-0.2, -0.15) is 0 Å². The van der Waals surface area contributed by atoms with E-state index in [0.717, 1.165) is 24.1 Å². The molecule has 1 N–H and O–H groups in total. The van der Waals surface area contributed by atoms with Crippen molar-refractivity contribution in [1.82, 2.24) is 10.2 Å². The van der Waals surface area contributed by atoms with E-state index in [1.165, 1.54) is 6.54 Å². The summed E-state index contributed by atoms with van der Waals surface area (Å²) in [5, 5.41) is 3.42. The first-order chi connectivity index (χ1) is 5.42. The fourth-order valence-electron chi connectivity index (χ4n) is 0.842. The lowest BCUT2D eigenvalue weighted by molar-refractivity contribution is -0.869. The van der Waals surface area contributed by atoms with Gasteiger partial charge in [-0.15, -0.1) is 0 Å². The fraction of sp³-hybridized carbons (Fsp3) is 1.00. The van der Waals surface area contributed by atoms with Gasteiger partial charge in [0, 0.05) is 19.6 Å². The molecule has 0 bridgehead atoms. The highest BCUT2D eigenvalue weighted by molar-refractivity contribution is 4.49. The topological polar surface area (TPSA) is 15.3 Å². The Morgan fingerprint density at radius 3 is 2.08 bits per heavy atom. The lowest BCUT2D eigenvalue weighted by Crippen LogP contribution is -2.41. The van der Waals surface area contributed by atoms with Crippen molar-refractivity contribution in [3.8, 4) is 0 Å². The lowest BCUT2D eigenvalue weighted by Gasteiger charge is -2.24. The Morgan fingerprint density at radius 1 is 1.08 bits per heavy atom. The number of hydrogen-bond donors (Lipinski definition) is 1. The lowest BCUT2D eigenvalue weighted by atomic mass is 10.5. The van der Waals surface area contributed by atoms with E-state index in [-0.39, 0.29) is 0 Å². The van der Waals surface area contributed by atoms with Crippen molar-refractivity contribution >= 4 is 0 Å². The van der Waals surface area contributed by atoms with Crippen molar-refractivity contribution in [1.29, 1.82) is 0 Å². The molecule has 0 heterocycles. The van der Waals surface area contributed by atoms with Gasteiger partial charge in [-0.25, -0.2) is 0 Å². The molecule has 0 saturated heterocycles. The predicted octanol–water partition coefficient (Wildman–Crippen LogP) is -0.156. The molecule has 0 rings (SSSR count). The van der Waals surface area contributed by atoms with Gasteiger partial charge in [0.25, 0.3) is 0 Å². The molecule has 0 spiro atoms. The number of nitrogens with zero attached hydrogens (tertiary/aromatic N) is 2. The van der Waals surface area contributed by atoms with E-state index in [2.05, 4.69) is 45.5 Å². The molecule has 0 aromatic carbocycles. The molecule has 3 nitrogen and oxygen atoms in total. The minimum atomic E-state index is 1.04. The quantitative estimate of drug-likeness (QED) is 0.445. The minimum absolute atomic E-state index is 1.04. The Kier molecular flexibility index (Phi) is 5.46. The van der Waals surface area contributed by atoms with E-state index in [4.69, 9.17) is 0 Å². The number of likely N-dealkylation sites (N-methyl/N-ethyl adjacent to an activating group) is 2. The summed E-state index contributed by atoms with van der Waals surface area (Å²) in [5.74, 6) is 0. The second-order valence-corrected chi connectivity index (χ2v) is 4.57. The third-order valence-electron chi connectivity index (χ3n) is 1.70. The molecule has 0 saturated carbocycles. The van der Waals surface area contributed by atoms with Crippen LogP contribution < -0.4 is 5.32 Å². The van der Waals surface area contributed by atoms with Crippen molar-refractivity contribution in [3.63, 3.8) is 0 Å². The first-order valence-electron chi connectivity index (χ1n) is 4.58. The molecule has 0 aliphatic rings. The van der Waals surface area contributed by atoms with Crippen molar-refractivity contribution in [2.24, 2.45) is 0 Å². The summed E-state index contributed by atoms with van der Waals surface area (Å²) in [6, 6.07) is 0. The molecule has 0 atom stereocenters. The maximum Gasteiger partial charge on any atom is 0.0907 e. The standard InChI is InChI=1S/C9H24N3/c1-11(2)8-6-10-7-9-12(3,4)5/h10H,6-9H2,1-5H3/q+1. The zero-order valence-corrected chi connectivity index (χ0v) is 9.22. The van der Waals surface area contributed by atoms with E-state index >= 15 is 0 Å². The summed E-state index contributed by atoms with van der Waals surface area (Å²) in [5.41, 5.74) is 0. The highest BCUT2D eigenvalue weighted by Crippen LogP contribution is 1.85. The van der Waals surface area contributed by atoms with Gasteiger partial charge in [-0.1, -0.05) is 0 Å². The van der Waals surface area contributed by atoms with E-state index < -0.39 is 0 Å². The van der Waals surface area contributed by atoms with Gasteiger partial charge in [0.05, 0.1) is 27.7 Å². The van der Waals surface area contributed by atoms with Gasteiger partial charge in [0.2, 0.25) is 0 Å². The van der Waals surface area contributed by atoms with Crippen LogP contribution in [0.2, 0.25) is 0 Å². The van der Waals surface area contributed by atoms with Gasteiger partial charge < -0.3 is 14.7 Å². The van der Waals surface area contributed by atoms with Crippen molar-refractivity contribution in [2.45, 2.75) is 0 Å². The third-order valence-corrected chi connectivity index (χ3v) is 1.70. The summed E-state index contributed by atoms with van der Waals surface area (Å²) in [7, 11) is 10.8. The van der Waals surface area contributed by atoms with Crippen LogP contribution in [0, 0.1) is 0 Å². The van der Waals surface area contributed by atoms with Crippen molar-refractivity contribution < 1.29 is 4.48 Å². The normalized spacial score (nSPS) is 12.5. The molecule has 0 aliphatic heterocycles. The number of hydrogen-bond acceptors (Lipinski definition) is 2. The first kappa shape index (κ1) is 11.9. The Balaban J connectivity index is 3.12. The zero-order valence-electron chi connectivity index (χ0n) is 9.22. The van der Waals surface area contributed by atoms with Gasteiger partial charge in [-0.05, 0) is 14.1 Å². The summed E-state index contributed by atoms with van der Waals surface area (Å²) < 4.78 is 1.04. The van der Waals surface area contributed by atoms with Gasteiger partial charge in [-0.3, -0.25) is 0 Å². The van der Waals surface area contributed by atoms with Crippen LogP contribution in [0.5, 0.6) is 0 Å². The highest BCUT2D eigenvalue weighted by atomic mass is 15.3. The van der Waals surface area contributed by atoms with Crippen LogP contribution >= 0.6 is 0 Å². The molecule has 0 radical (unpaired) electrons. The summed E-state index contributed by atoms with van der Waals surface area (Å²) >= 11 is 0. The van der Waals surface area contributed by atoms with E-state index in [1.807, 2.05) is 0 Å². The number of nitrogens with one attached hydrogen (secondary N) is 1. The summed E-state index contributed by atoms with van der Waals surface area (Å²) in [6.45, 7) is 4.51. The maximum atomic E-state index is 3.42. The average Bonchev–Trinajstić information content (AvgIpc) is 1.83. The zero-order chi connectivity index (χ0) is 9.61. The maximum absolute atomic E-state index is 3.42. The molecule has 3 heteroatoms. The van der Waals surface area contributed by atoms with Crippen LogP contribution in [0.4, 0.5) is 0 Å². The Morgan fingerprint density at radius 2 is 1.67 bits per heavy atom. The summed E-state index contributed by atoms with van der Waals surface area (Å²) in [4.78, 5) is 2.19. The minimum Gasteiger partial charge on any atom is -0.330 e. The molecular formula is C9H24N3+. The smallest absolute Gasteiger partial charge is 0.0907 e. The fourth-order valence-corrected chi connectivity index (χ4v) is 0.842. The SMILES string of the molecule is CN(C)CCNCC[N+](C)(C)C. The van der Waals surface area contributed by atoms with Crippen LogP contribution in [0.1, 0.15) is 0 Å². The molecule has 0 aromatic rings. The number of quaternary nitrogens is 1. The van der Waals surface area contributed by atoms with Gasteiger partial charge in [0.1, 0.15) is 0 Å². The monoisotopic (exact) mass is 174 g/mol. The van der Waals surface area contributed by atoms with Crippen LogP contribution in [0.25, 0.3) is 0 Å². The molecule has 0 aliphatic carbocycles. The third kappa shape index (κ3) is 9.88. The Bertz CT molecular complexity index is 105. The van der Waals surface area contributed by atoms with Gasteiger partial charge in [0.15, 0.2) is 0 Å². The van der Waals surface area contributed by atoms with Crippen LogP contribution in [0.15, 0.2) is 0 Å². The van der Waals surface area contributed by atoms with E-state index in [9.17, 15) is 0 Å². The largest absolute Gasteiger partial charge is 0.330 e. The molecule has 74 valence electrons. The first-order valence-corrected chi connectivity index (χ1v) is 4.58.